The number of carbonyl (C=O) groups is 1. The molecule has 0 spiro atoms. The second-order valence-electron chi connectivity index (χ2n) is 9.73. The molecule has 0 aliphatic rings. The van der Waals surface area contributed by atoms with Crippen molar-refractivity contribution in [3.05, 3.63) is 106 Å². The normalized spacial score (nSPS) is 11.4. The van der Waals surface area contributed by atoms with Gasteiger partial charge in [0.1, 0.15) is 17.5 Å². The minimum absolute atomic E-state index is 0.0359. The van der Waals surface area contributed by atoms with Crippen molar-refractivity contribution in [1.82, 2.24) is 24.0 Å². The molecule has 6 aromatic rings. The van der Waals surface area contributed by atoms with Gasteiger partial charge in [0, 0.05) is 32.4 Å². The fraction of sp³-hybridized carbons (Fsp3) is 0.129. The van der Waals surface area contributed by atoms with Crippen molar-refractivity contribution in [1.29, 1.82) is 0 Å². The summed E-state index contributed by atoms with van der Waals surface area (Å²) in [6.45, 7) is 1.71. The lowest BCUT2D eigenvalue weighted by Crippen LogP contribution is -2.19. The van der Waals surface area contributed by atoms with Crippen LogP contribution in [0.5, 0.6) is 0 Å². The van der Waals surface area contributed by atoms with Gasteiger partial charge in [-0.25, -0.2) is 18.6 Å². The predicted molar refractivity (Wildman–Crippen MR) is 152 cm³/mol. The number of rotatable bonds is 4. The molecule has 0 aliphatic heterocycles. The third kappa shape index (κ3) is 3.81. The number of amides is 1. The molecule has 1 N–H and O–H groups in total. The number of fused-ring (bicyclic) bond motifs is 2. The molecule has 1 amide bonds. The van der Waals surface area contributed by atoms with Gasteiger partial charge >= 0.3 is 5.69 Å². The number of hydrogen-bond acceptors (Lipinski definition) is 3. The van der Waals surface area contributed by atoms with Crippen LogP contribution < -0.4 is 11.0 Å². The van der Waals surface area contributed by atoms with E-state index in [2.05, 4.69) is 5.32 Å². The van der Waals surface area contributed by atoms with Crippen LogP contribution in [0.4, 0.5) is 8.78 Å². The zero-order valence-electron chi connectivity index (χ0n) is 22.3. The maximum absolute atomic E-state index is 14.7. The molecule has 200 valence electrons. The van der Waals surface area contributed by atoms with E-state index < -0.39 is 11.7 Å². The molecule has 0 saturated heterocycles. The number of aromatic nitrogens is 4. The van der Waals surface area contributed by atoms with Crippen LogP contribution in [0.2, 0.25) is 0 Å². The summed E-state index contributed by atoms with van der Waals surface area (Å²) >= 11 is 0. The number of carbonyl (C=O) groups excluding carboxylic acids is 1. The number of aryl methyl sites for hydroxylation is 2. The smallest absolute Gasteiger partial charge is 0.328 e. The lowest BCUT2D eigenvalue weighted by atomic mass is 10.0. The number of hydrogen-bond donors (Lipinski definition) is 1. The first kappa shape index (κ1) is 25.2. The van der Waals surface area contributed by atoms with Crippen LogP contribution in [-0.2, 0) is 14.1 Å². The molecule has 0 saturated carbocycles. The predicted octanol–water partition coefficient (Wildman–Crippen LogP) is 5.50. The molecule has 6 rings (SSSR count). The van der Waals surface area contributed by atoms with Gasteiger partial charge in [-0.2, -0.15) is 0 Å². The Morgan fingerprint density at radius 1 is 0.825 bits per heavy atom. The zero-order chi connectivity index (χ0) is 28.3. The Morgan fingerprint density at radius 2 is 1.52 bits per heavy atom. The SMILES string of the molecule is CNC(=O)c1ccc(-c2ccc3c(c2)nc(-c2cccc(F)c2C)n3-c2ccc3c(c2)n(C)c(=O)n3C)cc1F. The van der Waals surface area contributed by atoms with Gasteiger partial charge in [0.25, 0.3) is 5.91 Å². The molecule has 2 heterocycles. The third-order valence-electron chi connectivity index (χ3n) is 7.45. The van der Waals surface area contributed by atoms with E-state index in [1.165, 1.54) is 25.2 Å². The minimum atomic E-state index is -0.625. The molecule has 0 fully saturated rings. The van der Waals surface area contributed by atoms with E-state index in [4.69, 9.17) is 4.98 Å². The van der Waals surface area contributed by atoms with Crippen LogP contribution in [0.1, 0.15) is 15.9 Å². The van der Waals surface area contributed by atoms with Crippen molar-refractivity contribution in [3.63, 3.8) is 0 Å². The lowest BCUT2D eigenvalue weighted by molar-refractivity contribution is 0.0959. The van der Waals surface area contributed by atoms with E-state index in [1.807, 2.05) is 47.0 Å². The standard InChI is InChI=1S/C31H25F2N5O2/c1-17-21(6-5-7-23(17)32)29-35-25-15-19(18-8-11-22(24(33)14-18)30(39)34-2)9-12-26(25)38(29)20-10-13-27-28(16-20)37(4)31(40)36(27)3/h5-16H,1-4H3,(H,34,39). The Bertz CT molecular complexity index is 2050. The largest absolute Gasteiger partial charge is 0.355 e. The summed E-state index contributed by atoms with van der Waals surface area (Å²) in [5.41, 5.74) is 5.87. The summed E-state index contributed by atoms with van der Waals surface area (Å²) in [6, 6.07) is 20.6. The zero-order valence-corrected chi connectivity index (χ0v) is 22.3. The Morgan fingerprint density at radius 3 is 2.27 bits per heavy atom. The monoisotopic (exact) mass is 537 g/mol. The molecule has 9 heteroatoms. The van der Waals surface area contributed by atoms with Gasteiger partial charge in [-0.1, -0.05) is 24.3 Å². The summed E-state index contributed by atoms with van der Waals surface area (Å²) in [5.74, 6) is -0.934. The molecule has 0 radical (unpaired) electrons. The molecule has 0 bridgehead atoms. The topological polar surface area (TPSA) is 73.8 Å². The maximum Gasteiger partial charge on any atom is 0.328 e. The van der Waals surface area contributed by atoms with E-state index in [-0.39, 0.29) is 17.1 Å². The first-order valence-corrected chi connectivity index (χ1v) is 12.7. The second kappa shape index (κ2) is 9.30. The van der Waals surface area contributed by atoms with E-state index in [9.17, 15) is 18.4 Å². The van der Waals surface area contributed by atoms with Gasteiger partial charge in [-0.3, -0.25) is 18.5 Å². The molecular formula is C31H25F2N5O2. The van der Waals surface area contributed by atoms with Crippen LogP contribution in [0.3, 0.4) is 0 Å². The first-order valence-electron chi connectivity index (χ1n) is 12.7. The highest BCUT2D eigenvalue weighted by Crippen LogP contribution is 2.34. The Hall–Kier alpha value is -5.05. The highest BCUT2D eigenvalue weighted by Gasteiger charge is 2.20. The molecule has 40 heavy (non-hydrogen) atoms. The van der Waals surface area contributed by atoms with Crippen molar-refractivity contribution in [3.8, 4) is 28.2 Å². The third-order valence-corrected chi connectivity index (χ3v) is 7.45. The number of halogens is 2. The average molecular weight is 538 g/mol. The van der Waals surface area contributed by atoms with Crippen LogP contribution in [0.15, 0.2) is 77.6 Å². The van der Waals surface area contributed by atoms with Crippen LogP contribution >= 0.6 is 0 Å². The molecule has 0 atom stereocenters. The van der Waals surface area contributed by atoms with E-state index in [0.29, 0.717) is 33.6 Å². The lowest BCUT2D eigenvalue weighted by Gasteiger charge is -2.12. The summed E-state index contributed by atoms with van der Waals surface area (Å²) in [7, 11) is 4.90. The van der Waals surface area contributed by atoms with Gasteiger partial charge in [0.15, 0.2) is 0 Å². The van der Waals surface area contributed by atoms with E-state index in [1.54, 1.807) is 42.3 Å². The van der Waals surface area contributed by atoms with Gasteiger partial charge in [-0.15, -0.1) is 0 Å². The van der Waals surface area contributed by atoms with Crippen molar-refractivity contribution < 1.29 is 13.6 Å². The number of imidazole rings is 2. The molecular weight excluding hydrogens is 512 g/mol. The van der Waals surface area contributed by atoms with Crippen LogP contribution in [-0.4, -0.2) is 31.6 Å². The van der Waals surface area contributed by atoms with E-state index >= 15 is 0 Å². The average Bonchev–Trinajstić information content (AvgIpc) is 3.44. The first-order chi connectivity index (χ1) is 19.2. The van der Waals surface area contributed by atoms with Crippen molar-refractivity contribution in [2.75, 3.05) is 7.05 Å². The highest BCUT2D eigenvalue weighted by molar-refractivity contribution is 5.95. The Labute approximate surface area is 227 Å². The van der Waals surface area contributed by atoms with E-state index in [0.717, 1.165) is 22.2 Å². The summed E-state index contributed by atoms with van der Waals surface area (Å²) in [6.07, 6.45) is 0. The fourth-order valence-electron chi connectivity index (χ4n) is 5.20. The molecule has 0 unspecified atom stereocenters. The molecule has 2 aromatic heterocycles. The summed E-state index contributed by atoms with van der Waals surface area (Å²) < 4.78 is 34.5. The van der Waals surface area contributed by atoms with Crippen molar-refractivity contribution in [2.24, 2.45) is 14.1 Å². The number of nitrogens with zero attached hydrogens (tertiary/aromatic N) is 4. The number of benzene rings is 4. The summed E-state index contributed by atoms with van der Waals surface area (Å²) in [4.78, 5) is 29.4. The van der Waals surface area contributed by atoms with Gasteiger partial charge in [0.05, 0.1) is 27.6 Å². The summed E-state index contributed by atoms with van der Waals surface area (Å²) in [5, 5.41) is 2.43. The van der Waals surface area contributed by atoms with Crippen molar-refractivity contribution in [2.45, 2.75) is 6.92 Å². The Balaban J connectivity index is 1.59. The van der Waals surface area contributed by atoms with Gasteiger partial charge in [0.2, 0.25) is 0 Å². The maximum atomic E-state index is 14.7. The van der Waals surface area contributed by atoms with Crippen LogP contribution in [0, 0.1) is 18.6 Å². The van der Waals surface area contributed by atoms with Gasteiger partial charge in [-0.05, 0) is 72.1 Å². The second-order valence-corrected chi connectivity index (χ2v) is 9.73. The molecule has 7 nitrogen and oxygen atoms in total. The number of nitrogens with one attached hydrogen (secondary N) is 1. The minimum Gasteiger partial charge on any atom is -0.355 e. The van der Waals surface area contributed by atoms with Crippen molar-refractivity contribution >= 4 is 28.0 Å². The Kier molecular flexibility index (Phi) is 5.87. The van der Waals surface area contributed by atoms with Crippen LogP contribution in [0.25, 0.3) is 50.3 Å². The molecule has 0 aliphatic carbocycles. The molecule has 4 aromatic carbocycles. The quantitative estimate of drug-likeness (QED) is 0.323. The fourth-order valence-corrected chi connectivity index (χ4v) is 5.20. The highest BCUT2D eigenvalue weighted by atomic mass is 19.1. The van der Waals surface area contributed by atoms with Gasteiger partial charge < -0.3 is 5.32 Å².